The summed E-state index contributed by atoms with van der Waals surface area (Å²) in [5.41, 5.74) is 5.91. The van der Waals surface area contributed by atoms with Crippen LogP contribution in [0, 0.1) is 0 Å². The Morgan fingerprint density at radius 3 is 2.26 bits per heavy atom. The van der Waals surface area contributed by atoms with Crippen LogP contribution < -0.4 is 16.2 Å². The van der Waals surface area contributed by atoms with Crippen molar-refractivity contribution in [1.82, 2.24) is 0 Å². The monoisotopic (exact) mass is 285 g/mol. The van der Waals surface area contributed by atoms with Gasteiger partial charge in [-0.1, -0.05) is 6.42 Å². The number of carbonyl (C=O) groups excluding carboxylic acids is 1. The van der Waals surface area contributed by atoms with Crippen LogP contribution in [0.15, 0.2) is 29.2 Å². The molecule has 1 amide bonds. The number of primary sulfonamides is 1. The second-order valence-corrected chi connectivity index (χ2v) is 5.78. The summed E-state index contributed by atoms with van der Waals surface area (Å²) in [7, 11) is -3.69. The van der Waals surface area contributed by atoms with Gasteiger partial charge in [0.25, 0.3) is 0 Å². The van der Waals surface area contributed by atoms with Crippen LogP contribution in [-0.4, -0.2) is 20.9 Å². The van der Waals surface area contributed by atoms with E-state index in [9.17, 15) is 13.2 Å². The first-order valence-electron chi connectivity index (χ1n) is 6.06. The van der Waals surface area contributed by atoms with E-state index in [2.05, 4.69) is 5.32 Å². The Labute approximate surface area is 113 Å². The maximum absolute atomic E-state index is 11.6. The summed E-state index contributed by atoms with van der Waals surface area (Å²) in [6.07, 6.45) is 3.06. The second-order valence-electron chi connectivity index (χ2n) is 4.22. The van der Waals surface area contributed by atoms with Gasteiger partial charge in [-0.05, 0) is 43.7 Å². The van der Waals surface area contributed by atoms with E-state index in [0.29, 0.717) is 18.7 Å². The lowest BCUT2D eigenvalue weighted by Crippen LogP contribution is -2.13. The molecule has 0 saturated heterocycles. The molecule has 5 N–H and O–H groups in total. The molecular weight excluding hydrogens is 266 g/mol. The van der Waals surface area contributed by atoms with Crippen LogP contribution in [0.5, 0.6) is 0 Å². The van der Waals surface area contributed by atoms with E-state index in [1.165, 1.54) is 24.3 Å². The lowest BCUT2D eigenvalue weighted by Gasteiger charge is -2.05. The zero-order valence-corrected chi connectivity index (χ0v) is 11.4. The lowest BCUT2D eigenvalue weighted by atomic mass is 10.2. The molecule has 1 aromatic rings. The predicted molar refractivity (Wildman–Crippen MR) is 74.0 cm³/mol. The predicted octanol–water partition coefficient (Wildman–Crippen LogP) is 0.792. The smallest absolute Gasteiger partial charge is 0.238 e. The maximum atomic E-state index is 11.6. The van der Waals surface area contributed by atoms with Crippen LogP contribution >= 0.6 is 0 Å². The van der Waals surface area contributed by atoms with Gasteiger partial charge in [-0.3, -0.25) is 4.79 Å². The summed E-state index contributed by atoms with van der Waals surface area (Å²) in [6.45, 7) is 0.636. The van der Waals surface area contributed by atoms with E-state index in [1.54, 1.807) is 0 Å². The van der Waals surface area contributed by atoms with Crippen LogP contribution in [-0.2, 0) is 14.8 Å². The molecule has 0 aliphatic rings. The Bertz CT molecular complexity index is 512. The van der Waals surface area contributed by atoms with Crippen molar-refractivity contribution >= 4 is 21.6 Å². The van der Waals surface area contributed by atoms with Gasteiger partial charge in [0.2, 0.25) is 15.9 Å². The van der Waals surface area contributed by atoms with Gasteiger partial charge in [0.05, 0.1) is 4.90 Å². The summed E-state index contributed by atoms with van der Waals surface area (Å²) < 4.78 is 22.1. The third-order valence-corrected chi connectivity index (χ3v) is 3.50. The molecule has 0 saturated carbocycles. The first-order valence-corrected chi connectivity index (χ1v) is 7.61. The molecule has 106 valence electrons. The number of nitrogens with one attached hydrogen (secondary N) is 1. The second kappa shape index (κ2) is 7.22. The summed E-state index contributed by atoms with van der Waals surface area (Å²) in [4.78, 5) is 11.6. The van der Waals surface area contributed by atoms with Gasteiger partial charge in [-0.25, -0.2) is 13.6 Å². The van der Waals surface area contributed by atoms with E-state index < -0.39 is 10.0 Å². The largest absolute Gasteiger partial charge is 0.330 e. The molecule has 0 heterocycles. The molecule has 1 rings (SSSR count). The number of rotatable bonds is 7. The van der Waals surface area contributed by atoms with E-state index in [-0.39, 0.29) is 10.8 Å². The molecule has 19 heavy (non-hydrogen) atoms. The highest BCUT2D eigenvalue weighted by Gasteiger charge is 2.07. The van der Waals surface area contributed by atoms with Crippen molar-refractivity contribution < 1.29 is 13.2 Å². The van der Waals surface area contributed by atoms with Gasteiger partial charge in [0.1, 0.15) is 0 Å². The van der Waals surface area contributed by atoms with Gasteiger partial charge in [0, 0.05) is 12.1 Å². The van der Waals surface area contributed by atoms with Gasteiger partial charge < -0.3 is 11.1 Å². The fourth-order valence-electron chi connectivity index (χ4n) is 1.56. The quantitative estimate of drug-likeness (QED) is 0.642. The number of amides is 1. The lowest BCUT2D eigenvalue weighted by molar-refractivity contribution is -0.116. The van der Waals surface area contributed by atoms with Crippen molar-refractivity contribution in [2.24, 2.45) is 10.9 Å². The van der Waals surface area contributed by atoms with Crippen molar-refractivity contribution in [3.8, 4) is 0 Å². The highest BCUT2D eigenvalue weighted by molar-refractivity contribution is 7.89. The zero-order valence-electron chi connectivity index (χ0n) is 10.6. The number of nitrogens with two attached hydrogens (primary N) is 2. The third kappa shape index (κ3) is 5.82. The summed E-state index contributed by atoms with van der Waals surface area (Å²) in [5.74, 6) is -0.0969. The highest BCUT2D eigenvalue weighted by atomic mass is 32.2. The Morgan fingerprint density at radius 2 is 1.74 bits per heavy atom. The molecular formula is C12H19N3O3S. The molecule has 0 atom stereocenters. The number of sulfonamides is 1. The van der Waals surface area contributed by atoms with Gasteiger partial charge in [0.15, 0.2) is 0 Å². The molecule has 0 aromatic heterocycles. The molecule has 0 unspecified atom stereocenters. The SMILES string of the molecule is NCCCCCC(=O)Nc1ccc(S(N)(=O)=O)cc1. The minimum absolute atomic E-state index is 0.0217. The molecule has 7 heteroatoms. The summed E-state index contributed by atoms with van der Waals surface area (Å²) >= 11 is 0. The van der Waals surface area contributed by atoms with Crippen molar-refractivity contribution in [1.29, 1.82) is 0 Å². The minimum atomic E-state index is -3.69. The Morgan fingerprint density at radius 1 is 1.11 bits per heavy atom. The van der Waals surface area contributed by atoms with E-state index in [4.69, 9.17) is 10.9 Å². The van der Waals surface area contributed by atoms with Crippen molar-refractivity contribution in [3.05, 3.63) is 24.3 Å². The molecule has 0 spiro atoms. The van der Waals surface area contributed by atoms with Gasteiger partial charge >= 0.3 is 0 Å². The van der Waals surface area contributed by atoms with E-state index in [0.717, 1.165) is 19.3 Å². The van der Waals surface area contributed by atoms with E-state index >= 15 is 0 Å². The third-order valence-electron chi connectivity index (χ3n) is 2.57. The fourth-order valence-corrected chi connectivity index (χ4v) is 2.07. The van der Waals surface area contributed by atoms with Crippen LogP contribution in [0.3, 0.4) is 0 Å². The average Bonchev–Trinajstić information content (AvgIpc) is 2.34. The number of hydrogen-bond donors (Lipinski definition) is 3. The molecule has 6 nitrogen and oxygen atoms in total. The number of anilines is 1. The number of carbonyl (C=O) groups is 1. The van der Waals surface area contributed by atoms with E-state index in [1.807, 2.05) is 0 Å². The van der Waals surface area contributed by atoms with Crippen molar-refractivity contribution in [3.63, 3.8) is 0 Å². The fraction of sp³-hybridized carbons (Fsp3) is 0.417. The Balaban J connectivity index is 2.47. The standard InChI is InChI=1S/C12H19N3O3S/c13-9-3-1-2-4-12(16)15-10-5-7-11(8-6-10)19(14,17)18/h5-8H,1-4,9,13H2,(H,15,16)(H2,14,17,18). The first-order chi connectivity index (χ1) is 8.93. The summed E-state index contributed by atoms with van der Waals surface area (Å²) in [5, 5.41) is 7.67. The maximum Gasteiger partial charge on any atom is 0.238 e. The molecule has 0 fully saturated rings. The molecule has 0 aliphatic heterocycles. The number of benzene rings is 1. The average molecular weight is 285 g/mol. The zero-order chi connectivity index (χ0) is 14.3. The van der Waals surface area contributed by atoms with Crippen molar-refractivity contribution in [2.45, 2.75) is 30.6 Å². The molecule has 0 aliphatic carbocycles. The Kier molecular flexibility index (Phi) is 5.94. The number of unbranched alkanes of at least 4 members (excludes halogenated alkanes) is 2. The topological polar surface area (TPSA) is 115 Å². The number of hydrogen-bond acceptors (Lipinski definition) is 4. The molecule has 0 radical (unpaired) electrons. The minimum Gasteiger partial charge on any atom is -0.330 e. The van der Waals surface area contributed by atoms with Crippen LogP contribution in [0.4, 0.5) is 5.69 Å². The van der Waals surface area contributed by atoms with Crippen LogP contribution in [0.2, 0.25) is 0 Å². The van der Waals surface area contributed by atoms with Gasteiger partial charge in [-0.2, -0.15) is 0 Å². The highest BCUT2D eigenvalue weighted by Crippen LogP contribution is 2.13. The molecule has 0 bridgehead atoms. The van der Waals surface area contributed by atoms with Gasteiger partial charge in [-0.15, -0.1) is 0 Å². The van der Waals surface area contributed by atoms with Crippen molar-refractivity contribution in [2.75, 3.05) is 11.9 Å². The van der Waals surface area contributed by atoms with Crippen LogP contribution in [0.1, 0.15) is 25.7 Å². The Hall–Kier alpha value is -1.44. The first kappa shape index (κ1) is 15.6. The normalized spacial score (nSPS) is 11.3. The summed E-state index contributed by atoms with van der Waals surface area (Å²) in [6, 6.07) is 5.74. The van der Waals surface area contributed by atoms with Crippen LogP contribution in [0.25, 0.3) is 0 Å². The molecule has 1 aromatic carbocycles.